The lowest BCUT2D eigenvalue weighted by Gasteiger charge is -2.15. The first kappa shape index (κ1) is 15.9. The molecule has 126 valence electrons. The zero-order valence-corrected chi connectivity index (χ0v) is 14.6. The summed E-state index contributed by atoms with van der Waals surface area (Å²) in [5.74, 6) is 0.840. The zero-order chi connectivity index (χ0) is 17.2. The van der Waals surface area contributed by atoms with Crippen molar-refractivity contribution in [2.24, 2.45) is 5.10 Å². The molecule has 0 aliphatic carbocycles. The number of para-hydroxylation sites is 1. The van der Waals surface area contributed by atoms with Crippen molar-refractivity contribution in [3.8, 4) is 5.69 Å². The maximum Gasteiger partial charge on any atom is 0.351 e. The van der Waals surface area contributed by atoms with Crippen LogP contribution in [0.4, 0.5) is 0 Å². The molecular formula is C16H13N5O2S2. The van der Waals surface area contributed by atoms with Crippen molar-refractivity contribution >= 4 is 35.2 Å². The van der Waals surface area contributed by atoms with Gasteiger partial charge in [-0.25, -0.2) is 19.5 Å². The lowest BCUT2D eigenvalue weighted by Crippen LogP contribution is -2.31. The van der Waals surface area contributed by atoms with Crippen molar-refractivity contribution in [1.82, 2.24) is 19.8 Å². The summed E-state index contributed by atoms with van der Waals surface area (Å²) in [4.78, 5) is 26.6. The van der Waals surface area contributed by atoms with Crippen LogP contribution in [-0.4, -0.2) is 26.5 Å². The number of hydrogen-bond donors (Lipinski definition) is 1. The van der Waals surface area contributed by atoms with Gasteiger partial charge < -0.3 is 0 Å². The average Bonchev–Trinajstić information content (AvgIpc) is 3.24. The highest BCUT2D eigenvalue weighted by atomic mass is 32.2. The average molecular weight is 371 g/mol. The molecule has 9 heteroatoms. The predicted molar refractivity (Wildman–Crippen MR) is 97.4 cm³/mol. The number of nitrogens with one attached hydrogen (secondary N) is 1. The molecule has 0 unspecified atom stereocenters. The third-order valence-electron chi connectivity index (χ3n) is 3.59. The Bertz CT molecular complexity index is 1000. The maximum atomic E-state index is 12.6. The molecule has 0 bridgehead atoms. The minimum Gasteiger partial charge on any atom is -0.271 e. The van der Waals surface area contributed by atoms with Gasteiger partial charge in [0.2, 0.25) is 0 Å². The summed E-state index contributed by atoms with van der Waals surface area (Å²) in [6.07, 6.45) is 1.57. The van der Waals surface area contributed by atoms with Crippen molar-refractivity contribution in [2.45, 2.75) is 17.2 Å². The van der Waals surface area contributed by atoms with E-state index < -0.39 is 5.91 Å². The summed E-state index contributed by atoms with van der Waals surface area (Å²) in [7, 11) is 0. The van der Waals surface area contributed by atoms with Crippen LogP contribution < -0.4 is 11.1 Å². The fourth-order valence-corrected chi connectivity index (χ4v) is 4.04. The van der Waals surface area contributed by atoms with Crippen LogP contribution in [0.1, 0.15) is 10.7 Å². The number of amides is 1. The Labute approximate surface area is 151 Å². The number of thioether (sulfide) groups is 1. The van der Waals surface area contributed by atoms with Crippen LogP contribution in [0.25, 0.3) is 5.69 Å². The van der Waals surface area contributed by atoms with Crippen LogP contribution in [0, 0.1) is 0 Å². The fourth-order valence-electron chi connectivity index (χ4n) is 2.50. The van der Waals surface area contributed by atoms with Gasteiger partial charge in [-0.3, -0.25) is 4.79 Å². The van der Waals surface area contributed by atoms with E-state index in [0.29, 0.717) is 11.6 Å². The molecule has 4 rings (SSSR count). The second-order valence-electron chi connectivity index (χ2n) is 5.26. The quantitative estimate of drug-likeness (QED) is 0.561. The number of hydrogen-bond acceptors (Lipinski definition) is 6. The van der Waals surface area contributed by atoms with Gasteiger partial charge in [0.25, 0.3) is 5.91 Å². The van der Waals surface area contributed by atoms with E-state index in [1.54, 1.807) is 22.5 Å². The van der Waals surface area contributed by atoms with Crippen molar-refractivity contribution in [3.05, 3.63) is 63.0 Å². The molecule has 1 aliphatic rings. The van der Waals surface area contributed by atoms with E-state index >= 15 is 0 Å². The topological polar surface area (TPSA) is 81.3 Å². The Morgan fingerprint density at radius 3 is 3.04 bits per heavy atom. The monoisotopic (exact) mass is 371 g/mol. The summed E-state index contributed by atoms with van der Waals surface area (Å²) >= 11 is 3.15. The van der Waals surface area contributed by atoms with Crippen LogP contribution in [0.3, 0.4) is 0 Å². The van der Waals surface area contributed by atoms with Crippen LogP contribution in [0.5, 0.6) is 0 Å². The number of fused-ring (bicyclic) bond motifs is 3. The summed E-state index contributed by atoms with van der Waals surface area (Å²) < 4.78 is 2.74. The smallest absolute Gasteiger partial charge is 0.271 e. The Morgan fingerprint density at radius 1 is 1.32 bits per heavy atom. The van der Waals surface area contributed by atoms with Crippen LogP contribution in [0.15, 0.2) is 56.6 Å². The summed E-state index contributed by atoms with van der Waals surface area (Å²) in [6, 6.07) is 11.5. The summed E-state index contributed by atoms with van der Waals surface area (Å²) in [5, 5.41) is 10.1. The number of thiophene rings is 1. The molecular weight excluding hydrogens is 358 g/mol. The van der Waals surface area contributed by atoms with Gasteiger partial charge in [0.15, 0.2) is 0 Å². The first-order chi connectivity index (χ1) is 12.2. The van der Waals surface area contributed by atoms with Gasteiger partial charge in [-0.15, -0.1) is 23.1 Å². The number of carbonyl (C=O) groups is 1. The van der Waals surface area contributed by atoms with Crippen molar-refractivity contribution < 1.29 is 4.79 Å². The number of nitrogens with zero attached hydrogens (tertiary/aromatic N) is 4. The maximum absolute atomic E-state index is 12.6. The minimum atomic E-state index is -0.397. The van der Waals surface area contributed by atoms with Gasteiger partial charge >= 0.3 is 5.69 Å². The highest BCUT2D eigenvalue weighted by Gasteiger charge is 2.22. The van der Waals surface area contributed by atoms with E-state index in [0.717, 1.165) is 15.5 Å². The molecule has 1 aromatic carbocycles. The molecule has 2 aromatic heterocycles. The highest BCUT2D eigenvalue weighted by molar-refractivity contribution is 7.98. The molecule has 0 radical (unpaired) electrons. The van der Waals surface area contributed by atoms with E-state index in [1.165, 1.54) is 16.0 Å². The van der Waals surface area contributed by atoms with E-state index in [2.05, 4.69) is 15.6 Å². The Kier molecular flexibility index (Phi) is 4.24. The molecule has 1 aliphatic heterocycles. The molecule has 0 saturated heterocycles. The molecule has 0 spiro atoms. The molecule has 0 atom stereocenters. The Morgan fingerprint density at radius 2 is 2.20 bits per heavy atom. The Hall–Kier alpha value is -2.65. The van der Waals surface area contributed by atoms with E-state index in [-0.39, 0.29) is 12.2 Å². The fraction of sp³-hybridized carbons (Fsp3) is 0.125. The van der Waals surface area contributed by atoms with Gasteiger partial charge in [-0.2, -0.15) is 10.2 Å². The molecule has 3 aromatic rings. The van der Waals surface area contributed by atoms with Gasteiger partial charge in [0, 0.05) is 9.77 Å². The van der Waals surface area contributed by atoms with Crippen molar-refractivity contribution in [1.29, 1.82) is 0 Å². The van der Waals surface area contributed by atoms with Crippen molar-refractivity contribution in [2.75, 3.05) is 0 Å². The van der Waals surface area contributed by atoms with Gasteiger partial charge in [0.1, 0.15) is 12.4 Å². The largest absolute Gasteiger partial charge is 0.351 e. The number of aromatic nitrogens is 3. The van der Waals surface area contributed by atoms with Gasteiger partial charge in [-0.1, -0.05) is 18.2 Å². The molecule has 0 saturated carbocycles. The van der Waals surface area contributed by atoms with Gasteiger partial charge in [-0.05, 0) is 23.6 Å². The van der Waals surface area contributed by atoms with Crippen molar-refractivity contribution in [3.63, 3.8) is 0 Å². The number of rotatable bonds is 4. The van der Waals surface area contributed by atoms with E-state index in [4.69, 9.17) is 0 Å². The lowest BCUT2D eigenvalue weighted by molar-refractivity contribution is -0.121. The van der Waals surface area contributed by atoms with Crippen LogP contribution in [0.2, 0.25) is 0 Å². The molecule has 3 heterocycles. The van der Waals surface area contributed by atoms with Crippen LogP contribution in [-0.2, 0) is 17.1 Å². The zero-order valence-electron chi connectivity index (χ0n) is 13.0. The number of carbonyl (C=O) groups excluding carboxylic acids is 1. The predicted octanol–water partition coefficient (Wildman–Crippen LogP) is 1.85. The lowest BCUT2D eigenvalue weighted by atomic mass is 10.3. The summed E-state index contributed by atoms with van der Waals surface area (Å²) in [6.45, 7) is -0.173. The van der Waals surface area contributed by atoms with Gasteiger partial charge in [0.05, 0.1) is 17.7 Å². The molecule has 25 heavy (non-hydrogen) atoms. The first-order valence-corrected chi connectivity index (χ1v) is 9.35. The molecule has 0 fully saturated rings. The second kappa shape index (κ2) is 6.69. The molecule has 7 nitrogen and oxygen atoms in total. The normalized spacial score (nSPS) is 12.8. The third-order valence-corrected chi connectivity index (χ3v) is 5.45. The molecule has 1 amide bonds. The Balaban J connectivity index is 1.52. The number of hydrazone groups is 1. The summed E-state index contributed by atoms with van der Waals surface area (Å²) in [5.41, 5.74) is 2.91. The molecule has 1 N–H and O–H groups in total. The first-order valence-electron chi connectivity index (χ1n) is 7.49. The standard InChI is InChI=1S/C16H13N5O2S2/c22-15(18-17-8-11-4-3-7-24-11)9-20-16(23)21-12-5-1-2-6-13(12)25-10-14(21)19-20/h1-8H,9-10H2,(H,18,22)/b17-8-. The second-order valence-corrected chi connectivity index (χ2v) is 7.25. The van der Waals surface area contributed by atoms with E-state index in [9.17, 15) is 9.59 Å². The number of benzene rings is 1. The third kappa shape index (κ3) is 3.15. The highest BCUT2D eigenvalue weighted by Crippen LogP contribution is 2.32. The van der Waals surface area contributed by atoms with Crippen LogP contribution >= 0.6 is 23.1 Å². The minimum absolute atomic E-state index is 0.173. The van der Waals surface area contributed by atoms with E-state index in [1.807, 2.05) is 41.8 Å². The SMILES string of the molecule is O=C(Cn1nc2n(c1=O)-c1ccccc1SC2)N/N=C\c1cccs1.